The van der Waals surface area contributed by atoms with Gasteiger partial charge in [-0.2, -0.15) is 17.0 Å². The number of piperidine rings is 1. The first-order chi connectivity index (χ1) is 9.54. The van der Waals surface area contributed by atoms with Gasteiger partial charge < -0.3 is 9.73 Å². The summed E-state index contributed by atoms with van der Waals surface area (Å²) in [6.45, 7) is 2.41. The van der Waals surface area contributed by atoms with E-state index in [0.29, 0.717) is 24.8 Å². The first kappa shape index (κ1) is 15.5. The van der Waals surface area contributed by atoms with Gasteiger partial charge in [0, 0.05) is 20.1 Å². The Bertz CT molecular complexity index is 493. The maximum atomic E-state index is 12.5. The number of nitrogens with zero attached hydrogens (tertiary/aromatic N) is 2. The van der Waals surface area contributed by atoms with Gasteiger partial charge in [0.05, 0.1) is 12.8 Å². The summed E-state index contributed by atoms with van der Waals surface area (Å²) in [5, 5.41) is 3.15. The topological polar surface area (TPSA) is 65.8 Å². The van der Waals surface area contributed by atoms with Crippen LogP contribution in [0.2, 0.25) is 0 Å². The molecule has 1 aliphatic heterocycles. The number of nitrogens with one attached hydrogen (secondary N) is 1. The molecule has 1 N–H and O–H groups in total. The molecule has 2 rings (SSSR count). The first-order valence-electron chi connectivity index (χ1n) is 6.92. The van der Waals surface area contributed by atoms with Crippen LogP contribution in [0.15, 0.2) is 22.8 Å². The van der Waals surface area contributed by atoms with Gasteiger partial charge in [-0.3, -0.25) is 0 Å². The van der Waals surface area contributed by atoms with Gasteiger partial charge in [0.25, 0.3) is 10.2 Å². The van der Waals surface area contributed by atoms with E-state index >= 15 is 0 Å². The van der Waals surface area contributed by atoms with E-state index in [-0.39, 0.29) is 6.54 Å². The molecule has 20 heavy (non-hydrogen) atoms. The zero-order valence-electron chi connectivity index (χ0n) is 12.1. The van der Waals surface area contributed by atoms with Gasteiger partial charge >= 0.3 is 0 Å². The Labute approximate surface area is 120 Å². The minimum atomic E-state index is -3.39. The Balaban J connectivity index is 1.93. The van der Waals surface area contributed by atoms with E-state index in [1.54, 1.807) is 29.7 Å². The fraction of sp³-hybridized carbons (Fsp3) is 0.692. The third-order valence-corrected chi connectivity index (χ3v) is 5.68. The quantitative estimate of drug-likeness (QED) is 0.847. The molecular weight excluding hydrogens is 278 g/mol. The first-order valence-corrected chi connectivity index (χ1v) is 8.32. The molecule has 0 spiro atoms. The van der Waals surface area contributed by atoms with Gasteiger partial charge in [-0.15, -0.1) is 0 Å². The van der Waals surface area contributed by atoms with Gasteiger partial charge in [0.15, 0.2) is 0 Å². The Hall–Kier alpha value is -0.890. The maximum Gasteiger partial charge on any atom is 0.282 e. The zero-order valence-corrected chi connectivity index (χ0v) is 12.9. The third-order valence-electron chi connectivity index (χ3n) is 3.75. The normalized spacial score (nSPS) is 18.8. The van der Waals surface area contributed by atoms with Crippen molar-refractivity contribution in [1.29, 1.82) is 0 Å². The Morgan fingerprint density at radius 3 is 2.70 bits per heavy atom. The van der Waals surface area contributed by atoms with Crippen LogP contribution >= 0.6 is 0 Å². The van der Waals surface area contributed by atoms with E-state index in [1.807, 2.05) is 7.05 Å². The monoisotopic (exact) mass is 301 g/mol. The van der Waals surface area contributed by atoms with Crippen LogP contribution in [0, 0.1) is 5.92 Å². The molecule has 0 bridgehead atoms. The average molecular weight is 301 g/mol. The summed E-state index contributed by atoms with van der Waals surface area (Å²) in [7, 11) is 0.135. The van der Waals surface area contributed by atoms with Crippen molar-refractivity contribution < 1.29 is 12.8 Å². The third kappa shape index (κ3) is 3.60. The maximum absolute atomic E-state index is 12.5. The van der Waals surface area contributed by atoms with E-state index in [9.17, 15) is 8.42 Å². The van der Waals surface area contributed by atoms with Crippen molar-refractivity contribution >= 4 is 10.2 Å². The van der Waals surface area contributed by atoms with Crippen LogP contribution in [-0.2, 0) is 16.8 Å². The fourth-order valence-corrected chi connectivity index (χ4v) is 3.89. The fourth-order valence-electron chi connectivity index (χ4n) is 2.53. The van der Waals surface area contributed by atoms with Gasteiger partial charge in [-0.05, 0) is 44.5 Å². The van der Waals surface area contributed by atoms with E-state index < -0.39 is 10.2 Å². The number of hydrogen-bond acceptors (Lipinski definition) is 4. The van der Waals surface area contributed by atoms with E-state index in [4.69, 9.17) is 4.42 Å². The molecule has 1 saturated heterocycles. The van der Waals surface area contributed by atoms with Crippen molar-refractivity contribution in [1.82, 2.24) is 13.9 Å². The lowest BCUT2D eigenvalue weighted by Gasteiger charge is -2.33. The molecule has 0 amide bonds. The Morgan fingerprint density at radius 2 is 2.15 bits per heavy atom. The Kier molecular flexibility index (Phi) is 5.20. The molecule has 1 aliphatic rings. The summed E-state index contributed by atoms with van der Waals surface area (Å²) in [6, 6.07) is 3.55. The van der Waals surface area contributed by atoms with Crippen LogP contribution in [-0.4, -0.2) is 50.8 Å². The molecule has 6 nitrogen and oxygen atoms in total. The predicted octanol–water partition coefficient (Wildman–Crippen LogP) is 0.888. The van der Waals surface area contributed by atoms with E-state index in [0.717, 1.165) is 19.4 Å². The predicted molar refractivity (Wildman–Crippen MR) is 77.3 cm³/mol. The largest absolute Gasteiger partial charge is 0.468 e. The molecule has 0 atom stereocenters. The Morgan fingerprint density at radius 1 is 1.45 bits per heavy atom. The van der Waals surface area contributed by atoms with Crippen molar-refractivity contribution in [3.05, 3.63) is 24.2 Å². The van der Waals surface area contributed by atoms with E-state index in [2.05, 4.69) is 5.32 Å². The lowest BCUT2D eigenvalue weighted by atomic mass is 9.98. The zero-order chi connectivity index (χ0) is 14.6. The van der Waals surface area contributed by atoms with Crippen molar-refractivity contribution in [3.8, 4) is 0 Å². The minimum Gasteiger partial charge on any atom is -0.468 e. The highest BCUT2D eigenvalue weighted by molar-refractivity contribution is 7.86. The van der Waals surface area contributed by atoms with Gasteiger partial charge in [0.2, 0.25) is 0 Å². The van der Waals surface area contributed by atoms with Crippen LogP contribution in [0.25, 0.3) is 0 Å². The molecule has 1 aromatic rings. The van der Waals surface area contributed by atoms with Crippen LogP contribution in [0.4, 0.5) is 0 Å². The van der Waals surface area contributed by atoms with E-state index in [1.165, 1.54) is 4.31 Å². The lowest BCUT2D eigenvalue weighted by Crippen LogP contribution is -2.46. The molecule has 0 radical (unpaired) electrons. The molecule has 0 aliphatic carbocycles. The summed E-state index contributed by atoms with van der Waals surface area (Å²) < 4.78 is 33.1. The molecule has 1 aromatic heterocycles. The number of hydrogen-bond donors (Lipinski definition) is 1. The highest BCUT2D eigenvalue weighted by Crippen LogP contribution is 2.21. The highest BCUT2D eigenvalue weighted by atomic mass is 32.2. The van der Waals surface area contributed by atoms with Gasteiger partial charge in [0.1, 0.15) is 5.76 Å². The average Bonchev–Trinajstić information content (AvgIpc) is 2.92. The number of rotatable bonds is 6. The lowest BCUT2D eigenvalue weighted by molar-refractivity contribution is 0.253. The summed E-state index contributed by atoms with van der Waals surface area (Å²) >= 11 is 0. The van der Waals surface area contributed by atoms with Crippen molar-refractivity contribution in [2.45, 2.75) is 19.4 Å². The molecular formula is C13H23N3O3S. The second kappa shape index (κ2) is 6.71. The van der Waals surface area contributed by atoms with Crippen LogP contribution < -0.4 is 5.32 Å². The summed E-state index contributed by atoms with van der Waals surface area (Å²) in [4.78, 5) is 0. The molecule has 114 valence electrons. The smallest absolute Gasteiger partial charge is 0.282 e. The molecule has 1 fully saturated rings. The molecule has 0 aromatic carbocycles. The second-order valence-electron chi connectivity index (χ2n) is 5.24. The summed E-state index contributed by atoms with van der Waals surface area (Å²) in [5.41, 5.74) is 0. The second-order valence-corrected chi connectivity index (χ2v) is 7.28. The van der Waals surface area contributed by atoms with Crippen LogP contribution in [0.1, 0.15) is 18.6 Å². The standard InChI is InChI=1S/C13H23N3O3S/c1-14-10-12-5-7-16(8-6-12)20(17,18)15(2)11-13-4-3-9-19-13/h3-4,9,12,14H,5-8,10-11H2,1-2H3. The van der Waals surface area contributed by atoms with Crippen molar-refractivity contribution in [3.63, 3.8) is 0 Å². The number of furan rings is 1. The van der Waals surface area contributed by atoms with Crippen molar-refractivity contribution in [2.24, 2.45) is 5.92 Å². The summed E-state index contributed by atoms with van der Waals surface area (Å²) in [6.07, 6.45) is 3.38. The summed E-state index contributed by atoms with van der Waals surface area (Å²) in [5.74, 6) is 1.22. The van der Waals surface area contributed by atoms with Crippen LogP contribution in [0.5, 0.6) is 0 Å². The SMILES string of the molecule is CNCC1CCN(S(=O)(=O)N(C)Cc2ccco2)CC1. The molecule has 0 unspecified atom stereocenters. The van der Waals surface area contributed by atoms with Crippen molar-refractivity contribution in [2.75, 3.05) is 33.7 Å². The molecule has 0 saturated carbocycles. The molecule has 2 heterocycles. The molecule has 7 heteroatoms. The highest BCUT2D eigenvalue weighted by Gasteiger charge is 2.31. The van der Waals surface area contributed by atoms with Gasteiger partial charge in [-0.25, -0.2) is 0 Å². The van der Waals surface area contributed by atoms with Crippen LogP contribution in [0.3, 0.4) is 0 Å². The minimum absolute atomic E-state index is 0.270. The van der Waals surface area contributed by atoms with Gasteiger partial charge in [-0.1, -0.05) is 0 Å².